The predicted octanol–water partition coefficient (Wildman–Crippen LogP) is 4.14. The van der Waals surface area contributed by atoms with E-state index in [0.29, 0.717) is 0 Å². The highest BCUT2D eigenvalue weighted by molar-refractivity contribution is 6.42. The monoisotopic (exact) mass is 319 g/mol. The van der Waals surface area contributed by atoms with Crippen LogP contribution in [0.15, 0.2) is 24.5 Å². The first-order valence-corrected chi connectivity index (χ1v) is 5.89. The summed E-state index contributed by atoms with van der Waals surface area (Å²) in [5, 5.41) is 11.2. The van der Waals surface area contributed by atoms with Gasteiger partial charge in [-0.3, -0.25) is 10.1 Å². The Morgan fingerprint density at radius 2 is 1.79 bits per heavy atom. The van der Waals surface area contributed by atoms with E-state index in [-0.39, 0.29) is 32.5 Å². The summed E-state index contributed by atoms with van der Waals surface area (Å²) in [6.07, 6.45) is 1.17. The largest absolute Gasteiger partial charge is 0.432 e. The van der Waals surface area contributed by atoms with Crippen molar-refractivity contribution in [2.45, 2.75) is 0 Å². The molecule has 0 unspecified atom stereocenters. The van der Waals surface area contributed by atoms with Gasteiger partial charge >= 0.3 is 5.69 Å². The van der Waals surface area contributed by atoms with E-state index in [4.69, 9.17) is 39.5 Å². The maximum Gasteiger partial charge on any atom is 0.313 e. The van der Waals surface area contributed by atoms with Crippen LogP contribution in [0.4, 0.5) is 5.69 Å². The number of rotatable bonds is 3. The number of hydrogen-bond acceptors (Lipinski definition) is 5. The van der Waals surface area contributed by atoms with E-state index in [1.165, 1.54) is 18.5 Å². The van der Waals surface area contributed by atoms with Crippen molar-refractivity contribution in [2.75, 3.05) is 0 Å². The molecule has 19 heavy (non-hydrogen) atoms. The molecule has 0 aliphatic carbocycles. The highest BCUT2D eigenvalue weighted by atomic mass is 35.5. The Labute approximate surface area is 122 Å². The fraction of sp³-hybridized carbons (Fsp3) is 0. The van der Waals surface area contributed by atoms with E-state index in [2.05, 4.69) is 9.97 Å². The van der Waals surface area contributed by atoms with E-state index >= 15 is 0 Å². The van der Waals surface area contributed by atoms with E-state index in [1.54, 1.807) is 0 Å². The molecule has 1 heterocycles. The van der Waals surface area contributed by atoms with E-state index in [1.807, 2.05) is 0 Å². The van der Waals surface area contributed by atoms with Gasteiger partial charge in [0.15, 0.2) is 0 Å². The van der Waals surface area contributed by atoms with Crippen molar-refractivity contribution in [3.05, 3.63) is 49.8 Å². The number of nitrogens with zero attached hydrogens (tertiary/aromatic N) is 3. The Morgan fingerprint density at radius 3 is 2.42 bits per heavy atom. The summed E-state index contributed by atoms with van der Waals surface area (Å²) >= 11 is 17.2. The zero-order valence-corrected chi connectivity index (χ0v) is 11.3. The van der Waals surface area contributed by atoms with Gasteiger partial charge in [0, 0.05) is 18.2 Å². The Balaban J connectivity index is 2.44. The highest BCUT2D eigenvalue weighted by Gasteiger charge is 2.19. The number of halogens is 3. The average Bonchev–Trinajstić information content (AvgIpc) is 2.33. The summed E-state index contributed by atoms with van der Waals surface area (Å²) in [6, 6.07) is 3.65. The lowest BCUT2D eigenvalue weighted by molar-refractivity contribution is -0.385. The molecule has 9 heteroatoms. The van der Waals surface area contributed by atoms with Crippen LogP contribution in [0.25, 0.3) is 0 Å². The first kappa shape index (κ1) is 13.8. The summed E-state index contributed by atoms with van der Waals surface area (Å²) in [5.74, 6) is -0.0318. The highest BCUT2D eigenvalue weighted by Crippen LogP contribution is 2.37. The molecule has 0 aliphatic heterocycles. The van der Waals surface area contributed by atoms with E-state index in [9.17, 15) is 10.1 Å². The van der Waals surface area contributed by atoms with Gasteiger partial charge in [-0.05, 0) is 0 Å². The van der Waals surface area contributed by atoms with Crippen molar-refractivity contribution in [2.24, 2.45) is 0 Å². The standard InChI is InChI=1S/C10H4Cl3N3O3/c11-5-1-7(16(17)18)8(2-6(5)12)19-10-3-9(13)14-4-15-10/h1-4H. The Bertz CT molecular complexity index is 651. The minimum absolute atomic E-state index is 0.0569. The molecule has 0 bridgehead atoms. The molecule has 0 saturated heterocycles. The molecule has 2 aromatic rings. The SMILES string of the molecule is O=[N+]([O-])c1cc(Cl)c(Cl)cc1Oc1cc(Cl)ncn1. The quantitative estimate of drug-likeness (QED) is 0.482. The lowest BCUT2D eigenvalue weighted by Crippen LogP contribution is -1.95. The number of nitro benzene ring substituents is 1. The molecule has 1 aromatic carbocycles. The maximum atomic E-state index is 10.9. The van der Waals surface area contributed by atoms with Gasteiger partial charge < -0.3 is 4.74 Å². The normalized spacial score (nSPS) is 10.3. The van der Waals surface area contributed by atoms with E-state index in [0.717, 1.165) is 6.07 Å². The summed E-state index contributed by atoms with van der Waals surface area (Å²) < 4.78 is 5.27. The van der Waals surface area contributed by atoms with Gasteiger partial charge in [-0.2, -0.15) is 0 Å². The van der Waals surface area contributed by atoms with Crippen LogP contribution in [0.1, 0.15) is 0 Å². The van der Waals surface area contributed by atoms with Crippen LogP contribution in [-0.2, 0) is 0 Å². The molecule has 0 saturated carbocycles. The number of hydrogen-bond donors (Lipinski definition) is 0. The van der Waals surface area contributed by atoms with Gasteiger partial charge in [0.2, 0.25) is 11.6 Å². The van der Waals surface area contributed by atoms with Gasteiger partial charge in [0.1, 0.15) is 11.5 Å². The van der Waals surface area contributed by atoms with Crippen molar-refractivity contribution in [3.8, 4) is 11.6 Å². The van der Waals surface area contributed by atoms with Crippen molar-refractivity contribution in [3.63, 3.8) is 0 Å². The van der Waals surface area contributed by atoms with Crippen molar-refractivity contribution in [1.82, 2.24) is 9.97 Å². The smallest absolute Gasteiger partial charge is 0.313 e. The molecule has 98 valence electrons. The molecule has 0 atom stereocenters. The Morgan fingerprint density at radius 1 is 1.11 bits per heavy atom. The van der Waals surface area contributed by atoms with Gasteiger partial charge in [-0.25, -0.2) is 9.97 Å². The summed E-state index contributed by atoms with van der Waals surface area (Å²) in [7, 11) is 0. The lowest BCUT2D eigenvalue weighted by atomic mass is 10.3. The Hall–Kier alpha value is -1.63. The summed E-state index contributed by atoms with van der Waals surface area (Å²) in [6.45, 7) is 0. The van der Waals surface area contributed by atoms with Crippen LogP contribution in [0.5, 0.6) is 11.6 Å². The fourth-order valence-electron chi connectivity index (χ4n) is 1.23. The topological polar surface area (TPSA) is 78.2 Å². The minimum Gasteiger partial charge on any atom is -0.432 e. The summed E-state index contributed by atoms with van der Waals surface area (Å²) in [5.41, 5.74) is -0.330. The third-order valence-electron chi connectivity index (χ3n) is 2.02. The minimum atomic E-state index is -0.639. The molecule has 2 rings (SSSR count). The van der Waals surface area contributed by atoms with Crippen molar-refractivity contribution in [1.29, 1.82) is 0 Å². The second-order valence-electron chi connectivity index (χ2n) is 3.27. The average molecular weight is 321 g/mol. The Kier molecular flexibility index (Phi) is 4.04. The second kappa shape index (κ2) is 5.56. The number of benzene rings is 1. The van der Waals surface area contributed by atoms with Gasteiger partial charge in [-0.1, -0.05) is 34.8 Å². The lowest BCUT2D eigenvalue weighted by Gasteiger charge is -2.06. The van der Waals surface area contributed by atoms with Crippen LogP contribution >= 0.6 is 34.8 Å². The predicted molar refractivity (Wildman–Crippen MR) is 70.2 cm³/mol. The van der Waals surface area contributed by atoms with Crippen molar-refractivity contribution >= 4 is 40.5 Å². The molecule has 6 nitrogen and oxygen atoms in total. The van der Waals surface area contributed by atoms with E-state index < -0.39 is 4.92 Å². The fourth-order valence-corrected chi connectivity index (χ4v) is 1.68. The zero-order chi connectivity index (χ0) is 14.0. The molecule has 0 radical (unpaired) electrons. The molecule has 0 fully saturated rings. The van der Waals surface area contributed by atoms with Crippen LogP contribution in [-0.4, -0.2) is 14.9 Å². The van der Waals surface area contributed by atoms with Gasteiger partial charge in [0.05, 0.1) is 15.0 Å². The molecule has 0 aliphatic rings. The third kappa shape index (κ3) is 3.23. The molecule has 0 N–H and O–H groups in total. The van der Waals surface area contributed by atoms with Crippen molar-refractivity contribution < 1.29 is 9.66 Å². The zero-order valence-electron chi connectivity index (χ0n) is 9.01. The van der Waals surface area contributed by atoms with Crippen LogP contribution in [0.2, 0.25) is 15.2 Å². The maximum absolute atomic E-state index is 10.9. The van der Waals surface area contributed by atoms with Crippen LogP contribution < -0.4 is 4.74 Å². The number of aromatic nitrogens is 2. The molecule has 0 spiro atoms. The second-order valence-corrected chi connectivity index (χ2v) is 4.47. The van der Waals surface area contributed by atoms with Crippen LogP contribution in [0.3, 0.4) is 0 Å². The third-order valence-corrected chi connectivity index (χ3v) is 2.95. The number of nitro groups is 1. The molecular formula is C10H4Cl3N3O3. The molecular weight excluding hydrogens is 316 g/mol. The first-order valence-electron chi connectivity index (χ1n) is 4.76. The summed E-state index contributed by atoms with van der Waals surface area (Å²) in [4.78, 5) is 17.7. The van der Waals surface area contributed by atoms with Gasteiger partial charge in [0.25, 0.3) is 0 Å². The van der Waals surface area contributed by atoms with Crippen LogP contribution in [0, 0.1) is 10.1 Å². The number of ether oxygens (including phenoxy) is 1. The molecule has 0 amide bonds. The van der Waals surface area contributed by atoms with Gasteiger partial charge in [-0.15, -0.1) is 0 Å². The molecule has 1 aromatic heterocycles. The first-order chi connectivity index (χ1) is 8.97.